The van der Waals surface area contributed by atoms with Crippen LogP contribution in [0.5, 0.6) is 0 Å². The smallest absolute Gasteiger partial charge is 0.336 e. The molecule has 0 bridgehead atoms. The van der Waals surface area contributed by atoms with Gasteiger partial charge >= 0.3 is 11.9 Å². The van der Waals surface area contributed by atoms with Gasteiger partial charge < -0.3 is 10.2 Å². The van der Waals surface area contributed by atoms with Crippen LogP contribution in [0.3, 0.4) is 0 Å². The molecule has 0 aromatic heterocycles. The van der Waals surface area contributed by atoms with Crippen LogP contribution < -0.4 is 0 Å². The molecule has 4 nitrogen and oxygen atoms in total. The Kier molecular flexibility index (Phi) is 9.75. The van der Waals surface area contributed by atoms with E-state index in [9.17, 15) is 9.59 Å². The van der Waals surface area contributed by atoms with Crippen LogP contribution >= 0.6 is 0 Å². The number of rotatable bonds is 4. The number of hydrogen-bond donors (Lipinski definition) is 2. The molecule has 0 unspecified atom stereocenters. The molecule has 0 amide bonds. The summed E-state index contributed by atoms with van der Waals surface area (Å²) in [5.41, 5.74) is 4.72. The van der Waals surface area contributed by atoms with Crippen molar-refractivity contribution >= 4 is 11.9 Å². The third-order valence-electron chi connectivity index (χ3n) is 5.15. The SMILES string of the molecule is O=C(O)c1ccccc1C(=O)O.c1ccc(-c2ccccc2)cc1.c1ccc(-c2ccccc2)cc1. The molecule has 0 aliphatic heterocycles. The van der Waals surface area contributed by atoms with Gasteiger partial charge in [0, 0.05) is 0 Å². The Bertz CT molecular complexity index is 1170. The van der Waals surface area contributed by atoms with E-state index in [1.807, 2.05) is 24.3 Å². The second kappa shape index (κ2) is 13.7. The Morgan fingerprint density at radius 2 is 0.528 bits per heavy atom. The van der Waals surface area contributed by atoms with Crippen molar-refractivity contribution in [3.8, 4) is 22.3 Å². The lowest BCUT2D eigenvalue weighted by Crippen LogP contribution is -2.06. The molecule has 0 saturated heterocycles. The highest BCUT2D eigenvalue weighted by Crippen LogP contribution is 2.18. The van der Waals surface area contributed by atoms with Crippen molar-refractivity contribution < 1.29 is 19.8 Å². The number of hydrogen-bond acceptors (Lipinski definition) is 2. The molecule has 5 rings (SSSR count). The lowest BCUT2D eigenvalue weighted by atomic mass is 10.1. The van der Waals surface area contributed by atoms with E-state index in [4.69, 9.17) is 10.2 Å². The second-order valence-corrected chi connectivity index (χ2v) is 7.62. The van der Waals surface area contributed by atoms with Gasteiger partial charge in [0.15, 0.2) is 0 Å². The summed E-state index contributed by atoms with van der Waals surface area (Å²) in [6.45, 7) is 0. The molecule has 5 aromatic rings. The number of benzene rings is 5. The largest absolute Gasteiger partial charge is 0.478 e. The first kappa shape index (κ1) is 25.7. The van der Waals surface area contributed by atoms with E-state index >= 15 is 0 Å². The van der Waals surface area contributed by atoms with E-state index in [2.05, 4.69) is 97.1 Å². The van der Waals surface area contributed by atoms with Crippen LogP contribution in [0, 0.1) is 0 Å². The molecule has 4 heteroatoms. The molecule has 0 atom stereocenters. The van der Waals surface area contributed by atoms with Crippen molar-refractivity contribution in [2.75, 3.05) is 0 Å². The Labute approximate surface area is 210 Å². The predicted molar refractivity (Wildman–Crippen MR) is 144 cm³/mol. The zero-order chi connectivity index (χ0) is 25.6. The maximum absolute atomic E-state index is 10.5. The lowest BCUT2D eigenvalue weighted by molar-refractivity contribution is 0.0651. The quantitative estimate of drug-likeness (QED) is 0.279. The van der Waals surface area contributed by atoms with E-state index < -0.39 is 11.9 Å². The first-order chi connectivity index (χ1) is 17.6. The fourth-order valence-electron chi connectivity index (χ4n) is 3.38. The zero-order valence-electron chi connectivity index (χ0n) is 19.6. The fraction of sp³-hybridized carbons (Fsp3) is 0. The molecule has 2 N–H and O–H groups in total. The van der Waals surface area contributed by atoms with Crippen LogP contribution in [0.4, 0.5) is 0 Å². The van der Waals surface area contributed by atoms with Crippen LogP contribution in [0.25, 0.3) is 22.3 Å². The summed E-state index contributed by atoms with van der Waals surface area (Å²) in [6.07, 6.45) is 0. The van der Waals surface area contributed by atoms with Crippen molar-refractivity contribution in [1.82, 2.24) is 0 Å². The molecular weight excluding hydrogens is 448 g/mol. The molecule has 0 spiro atoms. The Morgan fingerprint density at radius 3 is 0.722 bits per heavy atom. The van der Waals surface area contributed by atoms with Crippen LogP contribution in [0.15, 0.2) is 146 Å². The highest BCUT2D eigenvalue weighted by atomic mass is 16.4. The zero-order valence-corrected chi connectivity index (χ0v) is 19.6. The summed E-state index contributed by atoms with van der Waals surface area (Å²) in [6, 6.07) is 47.0. The Hall–Kier alpha value is -4.96. The normalized spacial score (nSPS) is 9.56. The number of carboxylic acid groups (broad SMARTS) is 2. The fourth-order valence-corrected chi connectivity index (χ4v) is 3.38. The topological polar surface area (TPSA) is 74.6 Å². The minimum atomic E-state index is -1.23. The summed E-state index contributed by atoms with van der Waals surface area (Å²) in [5, 5.41) is 17.1. The molecule has 0 radical (unpaired) electrons. The van der Waals surface area contributed by atoms with Gasteiger partial charge in [-0.3, -0.25) is 0 Å². The van der Waals surface area contributed by atoms with Crippen molar-refractivity contribution in [2.45, 2.75) is 0 Å². The summed E-state index contributed by atoms with van der Waals surface area (Å²) in [4.78, 5) is 20.9. The molecular formula is C32H26O4. The Balaban J connectivity index is 0.000000150. The van der Waals surface area contributed by atoms with E-state index in [-0.39, 0.29) is 11.1 Å². The monoisotopic (exact) mass is 474 g/mol. The molecule has 0 aliphatic rings. The van der Waals surface area contributed by atoms with Gasteiger partial charge in [-0.05, 0) is 34.4 Å². The van der Waals surface area contributed by atoms with Gasteiger partial charge in [0.25, 0.3) is 0 Å². The van der Waals surface area contributed by atoms with Crippen molar-refractivity contribution in [3.63, 3.8) is 0 Å². The first-order valence-corrected chi connectivity index (χ1v) is 11.3. The van der Waals surface area contributed by atoms with E-state index in [0.29, 0.717) is 0 Å². The number of aromatic carboxylic acids is 2. The van der Waals surface area contributed by atoms with Crippen molar-refractivity contribution in [1.29, 1.82) is 0 Å². The second-order valence-electron chi connectivity index (χ2n) is 7.62. The summed E-state index contributed by atoms with van der Waals surface area (Å²) < 4.78 is 0. The minimum Gasteiger partial charge on any atom is -0.478 e. The van der Waals surface area contributed by atoms with Gasteiger partial charge in [0.05, 0.1) is 11.1 Å². The third kappa shape index (κ3) is 7.82. The van der Waals surface area contributed by atoms with E-state index in [0.717, 1.165) is 0 Å². The molecule has 0 fully saturated rings. The van der Waals surface area contributed by atoms with Crippen LogP contribution in [0.2, 0.25) is 0 Å². The lowest BCUT2D eigenvalue weighted by Gasteiger charge is -1.98. The highest BCUT2D eigenvalue weighted by molar-refractivity contribution is 6.01. The first-order valence-electron chi connectivity index (χ1n) is 11.3. The molecule has 36 heavy (non-hydrogen) atoms. The van der Waals surface area contributed by atoms with Gasteiger partial charge in [-0.1, -0.05) is 133 Å². The molecule has 0 saturated carbocycles. The maximum atomic E-state index is 10.5. The van der Waals surface area contributed by atoms with Crippen molar-refractivity contribution in [2.24, 2.45) is 0 Å². The van der Waals surface area contributed by atoms with Gasteiger partial charge in [0.1, 0.15) is 0 Å². The third-order valence-corrected chi connectivity index (χ3v) is 5.15. The van der Waals surface area contributed by atoms with Gasteiger partial charge in [-0.15, -0.1) is 0 Å². The van der Waals surface area contributed by atoms with Crippen LogP contribution in [0.1, 0.15) is 20.7 Å². The number of carboxylic acids is 2. The molecule has 178 valence electrons. The summed E-state index contributed by atoms with van der Waals surface area (Å²) in [7, 11) is 0. The van der Waals surface area contributed by atoms with Crippen molar-refractivity contribution in [3.05, 3.63) is 157 Å². The van der Waals surface area contributed by atoms with Gasteiger partial charge in [0.2, 0.25) is 0 Å². The highest BCUT2D eigenvalue weighted by Gasteiger charge is 2.13. The maximum Gasteiger partial charge on any atom is 0.336 e. The van der Waals surface area contributed by atoms with Crippen LogP contribution in [-0.2, 0) is 0 Å². The summed E-state index contributed by atoms with van der Waals surface area (Å²) in [5.74, 6) is -2.46. The molecule has 0 aliphatic carbocycles. The van der Waals surface area contributed by atoms with Gasteiger partial charge in [-0.25, -0.2) is 9.59 Å². The predicted octanol–water partition coefficient (Wildman–Crippen LogP) is 7.79. The molecule has 5 aromatic carbocycles. The standard InChI is InChI=1S/2C12H10.C8H6O4/c2*1-3-7-11(8-4-1)12-9-5-2-6-10-12;9-7(10)5-3-1-2-4-6(5)8(11)12/h2*1-10H;1-4H,(H,9,10)(H,11,12). The number of carbonyl (C=O) groups is 2. The molecule has 0 heterocycles. The van der Waals surface area contributed by atoms with Crippen LogP contribution in [-0.4, -0.2) is 22.2 Å². The average Bonchev–Trinajstić information content (AvgIpc) is 2.95. The van der Waals surface area contributed by atoms with Gasteiger partial charge in [-0.2, -0.15) is 0 Å². The average molecular weight is 475 g/mol. The Morgan fingerprint density at radius 1 is 0.333 bits per heavy atom. The van der Waals surface area contributed by atoms with E-state index in [1.165, 1.54) is 46.5 Å². The summed E-state index contributed by atoms with van der Waals surface area (Å²) >= 11 is 0. The van der Waals surface area contributed by atoms with E-state index in [1.54, 1.807) is 0 Å². The minimum absolute atomic E-state index is 0.190.